The third-order valence-corrected chi connectivity index (χ3v) is 4.35. The summed E-state index contributed by atoms with van der Waals surface area (Å²) >= 11 is 6.21. The van der Waals surface area contributed by atoms with Gasteiger partial charge in [-0.15, -0.1) is 0 Å². The SMILES string of the molecule is CO[C@@H](c1ccccc1Cl)[C@@H](C)NC(=O)N[C@@H]1C=C[C@H](CO)C1. The molecule has 2 amide bonds. The summed E-state index contributed by atoms with van der Waals surface area (Å²) in [6, 6.07) is 6.86. The molecule has 0 unspecified atom stereocenters. The van der Waals surface area contributed by atoms with Gasteiger partial charge in [-0.3, -0.25) is 0 Å². The van der Waals surface area contributed by atoms with Crippen LogP contribution in [0, 0.1) is 5.92 Å². The van der Waals surface area contributed by atoms with Gasteiger partial charge < -0.3 is 20.5 Å². The maximum absolute atomic E-state index is 12.1. The predicted octanol–water partition coefficient (Wildman–Crippen LogP) is 2.65. The minimum Gasteiger partial charge on any atom is -0.396 e. The van der Waals surface area contributed by atoms with Gasteiger partial charge in [-0.05, 0) is 19.4 Å². The van der Waals surface area contributed by atoms with Crippen molar-refractivity contribution in [1.29, 1.82) is 0 Å². The summed E-state index contributed by atoms with van der Waals surface area (Å²) in [4.78, 5) is 12.1. The molecule has 23 heavy (non-hydrogen) atoms. The number of urea groups is 1. The van der Waals surface area contributed by atoms with Crippen molar-refractivity contribution in [2.75, 3.05) is 13.7 Å². The molecule has 1 aliphatic carbocycles. The molecule has 0 spiro atoms. The largest absolute Gasteiger partial charge is 0.396 e. The number of methoxy groups -OCH3 is 1. The summed E-state index contributed by atoms with van der Waals surface area (Å²) in [5, 5.41) is 15.5. The Morgan fingerprint density at radius 3 is 2.78 bits per heavy atom. The first-order valence-electron chi connectivity index (χ1n) is 7.68. The van der Waals surface area contributed by atoms with Crippen LogP contribution in [0.25, 0.3) is 0 Å². The number of hydrogen-bond donors (Lipinski definition) is 3. The number of hydrogen-bond acceptors (Lipinski definition) is 3. The summed E-state index contributed by atoms with van der Waals surface area (Å²) in [6.45, 7) is 1.98. The molecule has 6 heteroatoms. The van der Waals surface area contributed by atoms with Gasteiger partial charge >= 0.3 is 6.03 Å². The lowest BCUT2D eigenvalue weighted by molar-refractivity contribution is 0.0762. The van der Waals surface area contributed by atoms with Crippen LogP contribution in [0.5, 0.6) is 0 Å². The van der Waals surface area contributed by atoms with E-state index in [0.29, 0.717) is 5.02 Å². The average Bonchev–Trinajstić information content (AvgIpc) is 2.97. The van der Waals surface area contributed by atoms with E-state index in [9.17, 15) is 4.79 Å². The van der Waals surface area contributed by atoms with E-state index in [1.165, 1.54) is 0 Å². The fraction of sp³-hybridized carbons (Fsp3) is 0.471. The van der Waals surface area contributed by atoms with Crippen LogP contribution in [0.3, 0.4) is 0 Å². The minimum absolute atomic E-state index is 0.0549. The average molecular weight is 339 g/mol. The van der Waals surface area contributed by atoms with Crippen LogP contribution in [0.2, 0.25) is 5.02 Å². The van der Waals surface area contributed by atoms with E-state index in [0.717, 1.165) is 12.0 Å². The smallest absolute Gasteiger partial charge is 0.315 e. The summed E-state index contributed by atoms with van der Waals surface area (Å²) < 4.78 is 5.51. The molecule has 0 bridgehead atoms. The topological polar surface area (TPSA) is 70.6 Å². The van der Waals surface area contributed by atoms with Crippen molar-refractivity contribution in [1.82, 2.24) is 10.6 Å². The third-order valence-electron chi connectivity index (χ3n) is 4.00. The molecule has 5 nitrogen and oxygen atoms in total. The van der Waals surface area contributed by atoms with Gasteiger partial charge in [-0.25, -0.2) is 4.79 Å². The Bertz CT molecular complexity index is 565. The van der Waals surface area contributed by atoms with Crippen LogP contribution in [0.4, 0.5) is 4.79 Å². The first-order valence-corrected chi connectivity index (χ1v) is 8.06. The van der Waals surface area contributed by atoms with E-state index in [2.05, 4.69) is 10.6 Å². The van der Waals surface area contributed by atoms with Crippen LogP contribution in [0.1, 0.15) is 25.0 Å². The maximum Gasteiger partial charge on any atom is 0.315 e. The van der Waals surface area contributed by atoms with Crippen molar-refractivity contribution in [2.45, 2.75) is 31.5 Å². The van der Waals surface area contributed by atoms with Gasteiger partial charge in [0.15, 0.2) is 0 Å². The zero-order chi connectivity index (χ0) is 16.8. The molecule has 2 rings (SSSR count). The minimum atomic E-state index is -0.334. The van der Waals surface area contributed by atoms with E-state index in [-0.39, 0.29) is 36.7 Å². The number of aliphatic hydroxyl groups excluding tert-OH is 1. The highest BCUT2D eigenvalue weighted by Crippen LogP contribution is 2.27. The molecule has 0 heterocycles. The van der Waals surface area contributed by atoms with E-state index in [4.69, 9.17) is 21.4 Å². The van der Waals surface area contributed by atoms with E-state index >= 15 is 0 Å². The number of rotatable bonds is 6. The number of carbonyl (C=O) groups is 1. The molecule has 0 saturated heterocycles. The van der Waals surface area contributed by atoms with Crippen molar-refractivity contribution in [2.24, 2.45) is 5.92 Å². The van der Waals surface area contributed by atoms with E-state index in [1.807, 2.05) is 37.3 Å². The normalized spacial score (nSPS) is 22.6. The lowest BCUT2D eigenvalue weighted by Gasteiger charge is -2.25. The molecule has 0 aliphatic heterocycles. The van der Waals surface area contributed by atoms with E-state index < -0.39 is 0 Å². The second-order valence-corrected chi connectivity index (χ2v) is 6.16. The Morgan fingerprint density at radius 2 is 2.17 bits per heavy atom. The Morgan fingerprint density at radius 1 is 1.43 bits per heavy atom. The number of halogens is 1. The van der Waals surface area contributed by atoms with Gasteiger partial charge in [-0.1, -0.05) is 42.0 Å². The van der Waals surface area contributed by atoms with Gasteiger partial charge in [0.25, 0.3) is 0 Å². The third kappa shape index (κ3) is 4.70. The van der Waals surface area contributed by atoms with Crippen LogP contribution in [-0.4, -0.2) is 36.9 Å². The van der Waals surface area contributed by atoms with Crippen LogP contribution < -0.4 is 10.6 Å². The molecule has 1 aliphatic rings. The number of amides is 2. The Labute approximate surface area is 141 Å². The van der Waals surface area contributed by atoms with E-state index in [1.54, 1.807) is 13.2 Å². The molecule has 0 fully saturated rings. The lowest BCUT2D eigenvalue weighted by atomic mass is 10.0. The zero-order valence-corrected chi connectivity index (χ0v) is 14.1. The standard InChI is InChI=1S/C17H23ClN2O3/c1-11(16(23-2)14-5-3-4-6-15(14)18)19-17(22)20-13-8-7-12(9-13)10-21/h3-8,11-13,16,21H,9-10H2,1-2H3,(H2,19,20,22)/t11-,12+,13-,16-/m1/s1. The highest BCUT2D eigenvalue weighted by Gasteiger charge is 2.24. The van der Waals surface area contributed by atoms with Crippen molar-refractivity contribution in [3.8, 4) is 0 Å². The first-order chi connectivity index (χ1) is 11.0. The van der Waals surface area contributed by atoms with Gasteiger partial charge in [0.2, 0.25) is 0 Å². The molecule has 0 aromatic heterocycles. The van der Waals surface area contributed by atoms with Gasteiger partial charge in [0.1, 0.15) is 6.10 Å². The van der Waals surface area contributed by atoms with Crippen molar-refractivity contribution >= 4 is 17.6 Å². The van der Waals surface area contributed by atoms with Crippen LogP contribution in [-0.2, 0) is 4.74 Å². The molecule has 126 valence electrons. The molecule has 4 atom stereocenters. The van der Waals surface area contributed by atoms with Crippen LogP contribution in [0.15, 0.2) is 36.4 Å². The summed E-state index contributed by atoms with van der Waals surface area (Å²) in [5.74, 6) is 0.118. The fourth-order valence-corrected chi connectivity index (χ4v) is 3.06. The summed E-state index contributed by atoms with van der Waals surface area (Å²) in [5.41, 5.74) is 0.838. The Hall–Kier alpha value is -1.56. The van der Waals surface area contributed by atoms with Crippen molar-refractivity contribution in [3.63, 3.8) is 0 Å². The second-order valence-electron chi connectivity index (χ2n) is 5.75. The lowest BCUT2D eigenvalue weighted by Crippen LogP contribution is -2.46. The monoisotopic (exact) mass is 338 g/mol. The predicted molar refractivity (Wildman–Crippen MR) is 90.5 cm³/mol. The first kappa shape index (κ1) is 17.8. The summed E-state index contributed by atoms with van der Waals surface area (Å²) in [6.07, 6.45) is 4.22. The number of nitrogens with one attached hydrogen (secondary N) is 2. The zero-order valence-electron chi connectivity index (χ0n) is 13.3. The Balaban J connectivity index is 1.92. The molecule has 0 saturated carbocycles. The highest BCUT2D eigenvalue weighted by molar-refractivity contribution is 6.31. The second kappa shape index (κ2) is 8.34. The molecule has 0 radical (unpaired) electrons. The van der Waals surface area contributed by atoms with Gasteiger partial charge in [0.05, 0.1) is 6.04 Å². The molecular weight excluding hydrogens is 316 g/mol. The number of ether oxygens (including phenoxy) is 1. The quantitative estimate of drug-likeness (QED) is 0.698. The van der Waals surface area contributed by atoms with Gasteiger partial charge in [0, 0.05) is 36.3 Å². The van der Waals surface area contributed by atoms with Crippen molar-refractivity contribution in [3.05, 3.63) is 47.0 Å². The molecular formula is C17H23ClN2O3. The Kier molecular flexibility index (Phi) is 6.45. The highest BCUT2D eigenvalue weighted by atomic mass is 35.5. The number of carbonyl (C=O) groups excluding carboxylic acids is 1. The van der Waals surface area contributed by atoms with Crippen molar-refractivity contribution < 1.29 is 14.6 Å². The molecule has 3 N–H and O–H groups in total. The van der Waals surface area contributed by atoms with Crippen LogP contribution >= 0.6 is 11.6 Å². The number of benzene rings is 1. The van der Waals surface area contributed by atoms with Gasteiger partial charge in [-0.2, -0.15) is 0 Å². The number of aliphatic hydroxyl groups is 1. The summed E-state index contributed by atoms with van der Waals surface area (Å²) in [7, 11) is 1.59. The maximum atomic E-state index is 12.1. The fourth-order valence-electron chi connectivity index (χ4n) is 2.82. The molecule has 1 aromatic carbocycles. The molecule has 1 aromatic rings.